The van der Waals surface area contributed by atoms with Gasteiger partial charge in [0.25, 0.3) is 5.91 Å². The molecule has 3 heterocycles. The van der Waals surface area contributed by atoms with Gasteiger partial charge in [0.05, 0.1) is 31.8 Å². The van der Waals surface area contributed by atoms with E-state index in [1.54, 1.807) is 0 Å². The maximum atomic E-state index is 13.4. The number of aliphatic hydroxyl groups excluding tert-OH is 1. The third-order valence-corrected chi connectivity index (χ3v) is 11.9. The summed E-state index contributed by atoms with van der Waals surface area (Å²) in [7, 11) is 0. The van der Waals surface area contributed by atoms with Gasteiger partial charge in [0.15, 0.2) is 6.29 Å². The number of imide groups is 1. The van der Waals surface area contributed by atoms with Crippen molar-refractivity contribution < 1.29 is 33.7 Å². The summed E-state index contributed by atoms with van der Waals surface area (Å²) >= 11 is 0. The molecular weight excluding hydrogens is 757 g/mol. The van der Waals surface area contributed by atoms with E-state index in [0.717, 1.165) is 78.2 Å². The fourth-order valence-electron chi connectivity index (χ4n) is 8.35. The molecule has 0 radical (unpaired) electrons. The van der Waals surface area contributed by atoms with Crippen molar-refractivity contribution in [3.63, 3.8) is 0 Å². The summed E-state index contributed by atoms with van der Waals surface area (Å²) in [4.78, 5) is 45.3. The predicted molar refractivity (Wildman–Crippen MR) is 227 cm³/mol. The van der Waals surface area contributed by atoms with Crippen LogP contribution in [0.2, 0.25) is 0 Å². The van der Waals surface area contributed by atoms with Crippen LogP contribution in [0.25, 0.3) is 11.1 Å². The van der Waals surface area contributed by atoms with Gasteiger partial charge in [-0.05, 0) is 38.9 Å². The van der Waals surface area contributed by atoms with Gasteiger partial charge in [0.1, 0.15) is 12.6 Å². The van der Waals surface area contributed by atoms with E-state index in [9.17, 15) is 19.5 Å². The van der Waals surface area contributed by atoms with Crippen LogP contribution >= 0.6 is 0 Å². The van der Waals surface area contributed by atoms with E-state index in [-0.39, 0.29) is 50.2 Å². The molecule has 11 nitrogen and oxygen atoms in total. The van der Waals surface area contributed by atoms with Gasteiger partial charge >= 0.3 is 6.09 Å². The zero-order valence-electron chi connectivity index (χ0n) is 33.9. The van der Waals surface area contributed by atoms with Crippen LogP contribution in [-0.2, 0) is 50.1 Å². The highest BCUT2D eigenvalue weighted by Crippen LogP contribution is 2.42. The average Bonchev–Trinajstić information content (AvgIpc) is 3.55. The first-order valence-electron chi connectivity index (χ1n) is 20.8. The fourth-order valence-corrected chi connectivity index (χ4v) is 8.35. The second-order valence-corrected chi connectivity index (χ2v) is 15.9. The molecule has 3 fully saturated rings. The smallest absolute Gasteiger partial charge is 0.408 e. The lowest BCUT2D eigenvalue weighted by Gasteiger charge is -2.44. The molecule has 3 amide bonds. The molecule has 3 aliphatic rings. The van der Waals surface area contributed by atoms with Gasteiger partial charge in [-0.15, -0.1) is 0 Å². The summed E-state index contributed by atoms with van der Waals surface area (Å²) in [5, 5.41) is 12.3. The average molecular weight is 809 g/mol. The van der Waals surface area contributed by atoms with Crippen LogP contribution < -0.4 is 5.32 Å². The van der Waals surface area contributed by atoms with Gasteiger partial charge in [-0.1, -0.05) is 140 Å². The first-order chi connectivity index (χ1) is 29.3. The van der Waals surface area contributed by atoms with Crippen LogP contribution in [0, 0.1) is 5.92 Å². The van der Waals surface area contributed by atoms with Crippen molar-refractivity contribution in [2.24, 2.45) is 5.92 Å². The van der Waals surface area contributed by atoms with E-state index < -0.39 is 24.3 Å². The minimum Gasteiger partial charge on any atom is -0.445 e. The van der Waals surface area contributed by atoms with Crippen LogP contribution in [-0.4, -0.2) is 82.6 Å². The molecule has 11 heteroatoms. The Morgan fingerprint density at radius 2 is 1.35 bits per heavy atom. The number of likely N-dealkylation sites (tertiary alicyclic amines) is 1. The number of alkyl carbamates (subject to hydrolysis) is 1. The summed E-state index contributed by atoms with van der Waals surface area (Å²) in [6, 6.07) is 42.6. The Morgan fingerprint density at radius 1 is 0.717 bits per heavy atom. The van der Waals surface area contributed by atoms with Crippen LogP contribution in [0.4, 0.5) is 4.79 Å². The quantitative estimate of drug-likeness (QED) is 0.121. The van der Waals surface area contributed by atoms with Gasteiger partial charge in [-0.3, -0.25) is 24.3 Å². The molecule has 1 unspecified atom stereocenters. The normalized spacial score (nSPS) is 22.5. The maximum absolute atomic E-state index is 13.4. The highest BCUT2D eigenvalue weighted by molar-refractivity contribution is 6.06. The molecule has 0 aromatic heterocycles. The van der Waals surface area contributed by atoms with Gasteiger partial charge in [0, 0.05) is 50.7 Å². The number of rotatable bonds is 13. The lowest BCUT2D eigenvalue weighted by molar-refractivity contribution is -0.276. The summed E-state index contributed by atoms with van der Waals surface area (Å²) in [6.07, 6.45) is -1.80. The van der Waals surface area contributed by atoms with Gasteiger partial charge in [-0.2, -0.15) is 0 Å². The van der Waals surface area contributed by atoms with E-state index in [0.29, 0.717) is 0 Å². The lowest BCUT2D eigenvalue weighted by atomic mass is 9.89. The van der Waals surface area contributed by atoms with Crippen molar-refractivity contribution in [2.75, 3.05) is 32.7 Å². The summed E-state index contributed by atoms with van der Waals surface area (Å²) in [6.45, 7) is 7.95. The van der Waals surface area contributed by atoms with Crippen molar-refractivity contribution in [1.29, 1.82) is 0 Å². The molecule has 5 aromatic carbocycles. The van der Waals surface area contributed by atoms with E-state index in [1.807, 2.05) is 103 Å². The largest absolute Gasteiger partial charge is 0.445 e. The highest BCUT2D eigenvalue weighted by atomic mass is 16.7. The van der Waals surface area contributed by atoms with E-state index in [2.05, 4.69) is 52.4 Å². The molecule has 310 valence electrons. The minimum atomic E-state index is -0.991. The standard InChI is InChI=1S/C49H52N4O7/c1-34-44(31-52-26-24-51(25-27-52)29-35-10-4-2-5-11-35)59-48(60-46(34)39-18-16-36(32-54)17-19-39)40-22-20-38(21-23-40)42-15-9-8-14-41(42)30-53-45(55)28-43(47(53)56)50-49(57)58-33-37-12-6-3-7-13-37/h2-23,34,43-44,46,48,54H,24-33H2,1H3,(H,50,57)/t34-,43?,44+,46+,48+/m1/s1. The Kier molecular flexibility index (Phi) is 13.1. The molecule has 5 atom stereocenters. The van der Waals surface area contributed by atoms with Gasteiger partial charge in [0.2, 0.25) is 5.91 Å². The van der Waals surface area contributed by atoms with Crippen molar-refractivity contribution >= 4 is 17.9 Å². The summed E-state index contributed by atoms with van der Waals surface area (Å²) < 4.78 is 18.9. The van der Waals surface area contributed by atoms with Crippen LogP contribution in [0.3, 0.4) is 0 Å². The van der Waals surface area contributed by atoms with E-state index >= 15 is 0 Å². The van der Waals surface area contributed by atoms with Crippen LogP contribution in [0.1, 0.15) is 59.1 Å². The third kappa shape index (κ3) is 9.84. The molecular formula is C49H52N4O7. The molecule has 0 spiro atoms. The maximum Gasteiger partial charge on any atom is 0.408 e. The number of nitrogens with zero attached hydrogens (tertiary/aromatic N) is 3. The second kappa shape index (κ2) is 19.1. The molecule has 0 aliphatic carbocycles. The number of carbonyl (C=O) groups excluding carboxylic acids is 3. The molecule has 0 bridgehead atoms. The Labute approximate surface area is 351 Å². The molecule has 8 rings (SSSR count). The number of hydrogen-bond donors (Lipinski definition) is 2. The number of benzene rings is 5. The number of aliphatic hydroxyl groups is 1. The number of amides is 3. The van der Waals surface area contributed by atoms with E-state index in [1.165, 1.54) is 10.5 Å². The molecule has 2 N–H and O–H groups in total. The summed E-state index contributed by atoms with van der Waals surface area (Å²) in [5.41, 5.74) is 7.53. The van der Waals surface area contributed by atoms with Crippen molar-refractivity contribution in [1.82, 2.24) is 20.0 Å². The zero-order chi connectivity index (χ0) is 41.4. The van der Waals surface area contributed by atoms with Crippen molar-refractivity contribution in [2.45, 2.75) is 64.2 Å². The number of ether oxygens (including phenoxy) is 3. The number of carbonyl (C=O) groups is 3. The van der Waals surface area contributed by atoms with E-state index in [4.69, 9.17) is 14.2 Å². The Balaban J connectivity index is 0.938. The Hall–Kier alpha value is -5.69. The Morgan fingerprint density at radius 3 is 2.05 bits per heavy atom. The predicted octanol–water partition coefficient (Wildman–Crippen LogP) is 7.01. The Bertz CT molecular complexity index is 2210. The molecule has 5 aromatic rings. The van der Waals surface area contributed by atoms with Crippen molar-refractivity contribution in [3.05, 3.63) is 167 Å². The van der Waals surface area contributed by atoms with Crippen LogP contribution in [0.15, 0.2) is 133 Å². The number of hydrogen-bond acceptors (Lipinski definition) is 9. The topological polar surface area (TPSA) is 121 Å². The highest BCUT2D eigenvalue weighted by Gasteiger charge is 2.41. The lowest BCUT2D eigenvalue weighted by Crippen LogP contribution is -2.51. The monoisotopic (exact) mass is 808 g/mol. The zero-order valence-corrected chi connectivity index (χ0v) is 33.9. The first-order valence-corrected chi connectivity index (χ1v) is 20.8. The second-order valence-electron chi connectivity index (χ2n) is 15.9. The molecule has 3 aliphatic heterocycles. The number of nitrogens with one attached hydrogen (secondary N) is 1. The SMILES string of the molecule is C[C@@H]1[C@H](CN2CCN(Cc3ccccc3)CC2)O[C@H](c2ccc(-c3ccccc3CN3C(=O)CC(NC(=O)OCc4ccccc4)C3=O)cc2)O[C@@H]1c1ccc(CO)cc1. The number of piperazine rings is 1. The molecule has 60 heavy (non-hydrogen) atoms. The fraction of sp³-hybridized carbons (Fsp3) is 0.327. The van der Waals surface area contributed by atoms with Crippen LogP contribution in [0.5, 0.6) is 0 Å². The first kappa shape index (κ1) is 41.1. The molecule has 3 saturated heterocycles. The van der Waals surface area contributed by atoms with Crippen molar-refractivity contribution in [3.8, 4) is 11.1 Å². The third-order valence-electron chi connectivity index (χ3n) is 11.9. The van der Waals surface area contributed by atoms with Gasteiger partial charge in [-0.25, -0.2) is 4.79 Å². The van der Waals surface area contributed by atoms with Gasteiger partial charge < -0.3 is 24.6 Å². The molecule has 0 saturated carbocycles. The summed E-state index contributed by atoms with van der Waals surface area (Å²) in [5.74, 6) is -0.754. The minimum absolute atomic E-state index is 0.0180.